The van der Waals surface area contributed by atoms with E-state index in [-0.39, 0.29) is 0 Å². The highest BCUT2D eigenvalue weighted by Crippen LogP contribution is 2.06. The highest BCUT2D eigenvalue weighted by Gasteiger charge is 1.93. The first kappa shape index (κ1) is 19.0. The number of rotatable bonds is 4. The van der Waals surface area contributed by atoms with Crippen molar-refractivity contribution in [1.82, 2.24) is 0 Å². The molecule has 0 aliphatic heterocycles. The molecule has 0 spiro atoms. The number of alkyl halides is 2. The molecule has 0 rings (SSSR count). The van der Waals surface area contributed by atoms with Gasteiger partial charge in [-0.15, -0.1) is 23.2 Å². The highest BCUT2D eigenvalue weighted by atomic mass is 35.5. The number of halogens is 2. The molecule has 6 heteroatoms. The van der Waals surface area contributed by atoms with E-state index < -0.39 is 0 Å². The van der Waals surface area contributed by atoms with Crippen LogP contribution in [0, 0.1) is 10.8 Å². The zero-order chi connectivity index (χ0) is 11.8. The lowest BCUT2D eigenvalue weighted by molar-refractivity contribution is 0.562. The third-order valence-corrected chi connectivity index (χ3v) is 1.47. The van der Waals surface area contributed by atoms with Crippen LogP contribution in [0.1, 0.15) is 26.2 Å². The quantitative estimate of drug-likeness (QED) is 0.343. The Labute approximate surface area is 93.6 Å². The number of nitrogens with one attached hydrogen (secondary N) is 2. The first-order valence-corrected chi connectivity index (χ1v) is 4.85. The minimum absolute atomic E-state index is 0.318. The van der Waals surface area contributed by atoms with Crippen LogP contribution in [0.25, 0.3) is 0 Å². The largest absolute Gasteiger partial charge is 0.231 e. The molecule has 0 saturated heterocycles. The Morgan fingerprint density at radius 2 is 1.57 bits per heavy atom. The van der Waals surface area contributed by atoms with Gasteiger partial charge >= 0.3 is 0 Å². The summed E-state index contributed by atoms with van der Waals surface area (Å²) in [6.45, 7) is 2.01. The lowest BCUT2D eigenvalue weighted by Crippen LogP contribution is -1.89. The average Bonchev–Trinajstić information content (AvgIpc) is 2.07. The van der Waals surface area contributed by atoms with Gasteiger partial charge in [-0.25, -0.2) is 20.4 Å². The third-order valence-electron chi connectivity index (χ3n) is 0.986. The van der Waals surface area contributed by atoms with Gasteiger partial charge in [0.1, 0.15) is 0 Å². The van der Waals surface area contributed by atoms with Crippen LogP contribution < -0.4 is 0 Å². The molecule has 0 bridgehead atoms. The van der Waals surface area contributed by atoms with Gasteiger partial charge in [0.25, 0.3) is 0 Å². The summed E-state index contributed by atoms with van der Waals surface area (Å²) >= 11 is 11.1. The van der Waals surface area contributed by atoms with E-state index in [2.05, 4.69) is 0 Å². The Morgan fingerprint density at radius 3 is 1.79 bits per heavy atom. The second-order valence-electron chi connectivity index (χ2n) is 2.17. The van der Waals surface area contributed by atoms with E-state index in [1.54, 1.807) is 0 Å². The summed E-state index contributed by atoms with van der Waals surface area (Å²) in [5.41, 5.74) is 0. The van der Waals surface area contributed by atoms with E-state index in [0.717, 1.165) is 37.3 Å². The molecule has 0 fully saturated rings. The average molecular weight is 241 g/mol. The van der Waals surface area contributed by atoms with Gasteiger partial charge in [0.15, 0.2) is 0 Å². The molecule has 82 valence electrons. The first-order chi connectivity index (χ1) is 6.60. The summed E-state index contributed by atoms with van der Waals surface area (Å²) < 4.78 is 0. The van der Waals surface area contributed by atoms with E-state index in [1.807, 2.05) is 6.92 Å². The minimum Gasteiger partial charge on any atom is -0.222 e. The second kappa shape index (κ2) is 22.8. The molecule has 0 aliphatic carbocycles. The molecule has 1 unspecified atom stereocenters. The maximum absolute atomic E-state index is 8.35. The Balaban J connectivity index is -0.000000168. The molecular weight excluding hydrogens is 227 g/mol. The van der Waals surface area contributed by atoms with E-state index in [4.69, 9.17) is 43.6 Å². The number of hydrogen-bond donors (Lipinski definition) is 2. The Hall–Kier alpha value is -0.660. The van der Waals surface area contributed by atoms with Crippen LogP contribution in [-0.4, -0.2) is 23.4 Å². The number of isocyanates is 2. The molecular formula is C8H14Cl2N2O2. The summed E-state index contributed by atoms with van der Waals surface area (Å²) in [4.78, 5) is 16.7. The van der Waals surface area contributed by atoms with Gasteiger partial charge in [-0.05, 0) is 19.8 Å². The summed E-state index contributed by atoms with van der Waals surface area (Å²) in [6.07, 6.45) is 4.85. The van der Waals surface area contributed by atoms with Crippen molar-refractivity contribution in [2.45, 2.75) is 31.6 Å². The fraction of sp³-hybridized carbons (Fsp3) is 0.750. The van der Waals surface area contributed by atoms with Gasteiger partial charge in [0.2, 0.25) is 12.2 Å². The summed E-state index contributed by atoms with van der Waals surface area (Å²) in [7, 11) is 0. The molecule has 0 amide bonds. The van der Waals surface area contributed by atoms with Crippen molar-refractivity contribution in [3.63, 3.8) is 0 Å². The van der Waals surface area contributed by atoms with Crippen LogP contribution in [0.15, 0.2) is 0 Å². The van der Waals surface area contributed by atoms with Crippen molar-refractivity contribution in [2.24, 2.45) is 0 Å². The molecule has 1 atom stereocenters. The summed E-state index contributed by atoms with van der Waals surface area (Å²) in [5, 5.41) is 11.1. The van der Waals surface area contributed by atoms with Crippen LogP contribution in [0.3, 0.4) is 0 Å². The van der Waals surface area contributed by atoms with Crippen LogP contribution >= 0.6 is 23.2 Å². The van der Waals surface area contributed by atoms with Crippen molar-refractivity contribution in [2.75, 3.05) is 5.88 Å². The molecule has 4 nitrogen and oxygen atoms in total. The summed E-state index contributed by atoms with van der Waals surface area (Å²) in [5.74, 6) is 0.767. The van der Waals surface area contributed by atoms with E-state index >= 15 is 0 Å². The Kier molecular flexibility index (Phi) is 31.0. The molecule has 0 aromatic carbocycles. The SMILES string of the molecule is CC(Cl)CCCCCl.N=C=O.N=C=O. The van der Waals surface area contributed by atoms with Crippen molar-refractivity contribution in [3.8, 4) is 0 Å². The monoisotopic (exact) mass is 240 g/mol. The topological polar surface area (TPSA) is 81.8 Å². The van der Waals surface area contributed by atoms with Crippen molar-refractivity contribution < 1.29 is 9.59 Å². The van der Waals surface area contributed by atoms with Gasteiger partial charge in [-0.3, -0.25) is 0 Å². The third kappa shape index (κ3) is 64.4. The van der Waals surface area contributed by atoms with Crippen molar-refractivity contribution >= 4 is 35.4 Å². The van der Waals surface area contributed by atoms with Gasteiger partial charge in [0, 0.05) is 11.3 Å². The van der Waals surface area contributed by atoms with Gasteiger partial charge < -0.3 is 0 Å². The molecule has 0 aliphatic rings. The van der Waals surface area contributed by atoms with Gasteiger partial charge in [-0.1, -0.05) is 6.42 Å². The van der Waals surface area contributed by atoms with Crippen LogP contribution in [-0.2, 0) is 9.59 Å². The number of hydrogen-bond acceptors (Lipinski definition) is 4. The zero-order valence-corrected chi connectivity index (χ0v) is 9.49. The molecule has 0 aromatic rings. The lowest BCUT2D eigenvalue weighted by Gasteiger charge is -1.98. The lowest BCUT2D eigenvalue weighted by atomic mass is 10.2. The van der Waals surface area contributed by atoms with Gasteiger partial charge in [0.05, 0.1) is 0 Å². The predicted molar refractivity (Wildman–Crippen MR) is 56.7 cm³/mol. The second-order valence-corrected chi connectivity index (χ2v) is 3.29. The molecule has 0 heterocycles. The smallest absolute Gasteiger partial charge is 0.222 e. The van der Waals surface area contributed by atoms with Crippen molar-refractivity contribution in [3.05, 3.63) is 0 Å². The van der Waals surface area contributed by atoms with E-state index in [1.165, 1.54) is 0 Å². The fourth-order valence-electron chi connectivity index (χ4n) is 0.520. The molecule has 14 heavy (non-hydrogen) atoms. The number of carbonyl (C=O) groups excluding carboxylic acids is 2. The Bertz CT molecular complexity index is 151. The maximum atomic E-state index is 8.35. The first-order valence-electron chi connectivity index (χ1n) is 3.88. The van der Waals surface area contributed by atoms with Crippen LogP contribution in [0.5, 0.6) is 0 Å². The zero-order valence-electron chi connectivity index (χ0n) is 7.98. The molecule has 0 radical (unpaired) electrons. The Morgan fingerprint density at radius 1 is 1.21 bits per heavy atom. The van der Waals surface area contributed by atoms with Crippen LogP contribution in [0.2, 0.25) is 0 Å². The van der Waals surface area contributed by atoms with Crippen LogP contribution in [0.4, 0.5) is 0 Å². The van der Waals surface area contributed by atoms with E-state index in [0.29, 0.717) is 5.38 Å². The number of unbranched alkanes of at least 4 members (excludes halogenated alkanes) is 1. The summed E-state index contributed by atoms with van der Waals surface area (Å²) in [6, 6.07) is 0. The molecule has 2 N–H and O–H groups in total. The van der Waals surface area contributed by atoms with Crippen molar-refractivity contribution in [1.29, 1.82) is 10.8 Å². The molecule has 0 saturated carbocycles. The minimum atomic E-state index is 0.318. The van der Waals surface area contributed by atoms with Gasteiger partial charge in [-0.2, -0.15) is 0 Å². The normalized spacial score (nSPS) is 9.07. The molecule has 0 aromatic heterocycles. The predicted octanol–water partition coefficient (Wildman–Crippen LogP) is 2.82. The standard InChI is InChI=1S/C6H12Cl2.2CHNO/c1-6(8)4-2-3-5-7;2*2-1-3/h6H,2-5H2,1H3;2*2H. The highest BCUT2D eigenvalue weighted by molar-refractivity contribution is 6.20. The van der Waals surface area contributed by atoms with E-state index in [9.17, 15) is 0 Å². The fourth-order valence-corrected chi connectivity index (χ4v) is 0.863. The maximum Gasteiger partial charge on any atom is 0.231 e.